The van der Waals surface area contributed by atoms with Crippen LogP contribution in [0.25, 0.3) is 0 Å². The van der Waals surface area contributed by atoms with Crippen molar-refractivity contribution in [3.05, 3.63) is 0 Å². The van der Waals surface area contributed by atoms with Gasteiger partial charge in [0.2, 0.25) is 0 Å². The topological polar surface area (TPSA) is 47.6 Å². The Bertz CT molecular complexity index is 173. The third-order valence-corrected chi connectivity index (χ3v) is 2.50. The largest absolute Gasteiger partial charge is 0.196 e. The van der Waals surface area contributed by atoms with Gasteiger partial charge in [-0.15, -0.1) is 0 Å². The number of rotatable bonds is 4. The lowest BCUT2D eigenvalue weighted by Gasteiger charge is -2.07. The molecule has 0 atom stereocenters. The summed E-state index contributed by atoms with van der Waals surface area (Å²) in [5.41, 5.74) is 0. The Morgan fingerprint density at radius 2 is 1.82 bits per heavy atom. The van der Waals surface area contributed by atoms with Gasteiger partial charge in [0.1, 0.15) is 0 Å². The van der Waals surface area contributed by atoms with E-state index >= 15 is 0 Å². The highest BCUT2D eigenvalue weighted by molar-refractivity contribution is 14.1. The van der Waals surface area contributed by atoms with Crippen molar-refractivity contribution in [2.75, 3.05) is 0 Å². The summed E-state index contributed by atoms with van der Waals surface area (Å²) >= 11 is 1.92. The van der Waals surface area contributed by atoms with E-state index in [1.54, 1.807) is 0 Å². The van der Waals surface area contributed by atoms with Crippen LogP contribution in [0.1, 0.15) is 32.6 Å². The molecule has 0 aliphatic carbocycles. The molecule has 0 aliphatic heterocycles. The average Bonchev–Trinajstić information content (AvgIpc) is 2.05. The third-order valence-electron chi connectivity index (χ3n) is 1.48. The Labute approximate surface area is 81.3 Å². The molecule has 0 fully saturated rings. The SMILES string of the molecule is CCCCCC(I)(C#N)C#N. The van der Waals surface area contributed by atoms with Crippen molar-refractivity contribution in [1.29, 1.82) is 10.5 Å². The average molecular weight is 262 g/mol. The van der Waals surface area contributed by atoms with Crippen molar-refractivity contribution >= 4 is 22.6 Å². The fourth-order valence-electron chi connectivity index (χ4n) is 0.755. The summed E-state index contributed by atoms with van der Waals surface area (Å²) < 4.78 is -0.785. The van der Waals surface area contributed by atoms with E-state index in [0.29, 0.717) is 6.42 Å². The van der Waals surface area contributed by atoms with Crippen molar-refractivity contribution in [1.82, 2.24) is 0 Å². The van der Waals surface area contributed by atoms with E-state index < -0.39 is 3.42 Å². The van der Waals surface area contributed by atoms with Gasteiger partial charge in [-0.2, -0.15) is 10.5 Å². The Kier molecular flexibility index (Phi) is 5.23. The predicted octanol–water partition coefficient (Wildman–Crippen LogP) is 2.79. The molecule has 0 spiro atoms. The van der Waals surface area contributed by atoms with E-state index in [4.69, 9.17) is 10.5 Å². The highest BCUT2D eigenvalue weighted by atomic mass is 127. The molecule has 11 heavy (non-hydrogen) atoms. The zero-order valence-corrected chi connectivity index (χ0v) is 8.76. The van der Waals surface area contributed by atoms with Crippen LogP contribution < -0.4 is 0 Å². The van der Waals surface area contributed by atoms with E-state index in [-0.39, 0.29) is 0 Å². The molecule has 0 heterocycles. The van der Waals surface area contributed by atoms with Gasteiger partial charge in [-0.05, 0) is 35.4 Å². The Balaban J connectivity index is 3.75. The van der Waals surface area contributed by atoms with Crippen molar-refractivity contribution < 1.29 is 0 Å². The van der Waals surface area contributed by atoms with Crippen molar-refractivity contribution in [3.63, 3.8) is 0 Å². The Morgan fingerprint density at radius 3 is 2.18 bits per heavy atom. The lowest BCUT2D eigenvalue weighted by atomic mass is 10.0. The fraction of sp³-hybridized carbons (Fsp3) is 0.750. The summed E-state index contributed by atoms with van der Waals surface area (Å²) in [6.07, 6.45) is 3.90. The summed E-state index contributed by atoms with van der Waals surface area (Å²) in [6, 6.07) is 4.03. The minimum absolute atomic E-state index is 0.689. The Hall–Kier alpha value is -0.290. The lowest BCUT2D eigenvalue weighted by Crippen LogP contribution is -2.13. The zero-order chi connectivity index (χ0) is 8.74. The molecule has 0 amide bonds. The van der Waals surface area contributed by atoms with E-state index in [2.05, 4.69) is 6.92 Å². The smallest absolute Gasteiger partial charge is 0.193 e. The molecule has 0 aromatic carbocycles. The van der Waals surface area contributed by atoms with Gasteiger partial charge in [-0.3, -0.25) is 0 Å². The molecular formula is C8H11IN2. The van der Waals surface area contributed by atoms with Crippen molar-refractivity contribution in [2.45, 2.75) is 36.0 Å². The van der Waals surface area contributed by atoms with Crippen LogP contribution in [0.15, 0.2) is 0 Å². The third kappa shape index (κ3) is 4.21. The van der Waals surface area contributed by atoms with Gasteiger partial charge in [-0.25, -0.2) is 0 Å². The molecule has 0 aromatic rings. The highest BCUT2D eigenvalue weighted by Gasteiger charge is 2.24. The number of hydrogen-bond acceptors (Lipinski definition) is 2. The van der Waals surface area contributed by atoms with Gasteiger partial charge in [0.05, 0.1) is 12.1 Å². The first kappa shape index (κ1) is 10.7. The van der Waals surface area contributed by atoms with E-state index in [1.165, 1.54) is 0 Å². The molecule has 2 nitrogen and oxygen atoms in total. The summed E-state index contributed by atoms with van der Waals surface area (Å²) in [5.74, 6) is 0. The first-order valence-electron chi connectivity index (χ1n) is 3.70. The van der Waals surface area contributed by atoms with Gasteiger partial charge in [0.25, 0.3) is 0 Å². The summed E-state index contributed by atoms with van der Waals surface area (Å²) in [5, 5.41) is 17.2. The molecular weight excluding hydrogens is 251 g/mol. The number of alkyl halides is 1. The van der Waals surface area contributed by atoms with E-state index in [0.717, 1.165) is 19.3 Å². The molecule has 0 radical (unpaired) electrons. The second kappa shape index (κ2) is 5.37. The highest BCUT2D eigenvalue weighted by Crippen LogP contribution is 2.23. The molecule has 60 valence electrons. The van der Waals surface area contributed by atoms with Crippen LogP contribution in [0.4, 0.5) is 0 Å². The molecule has 0 saturated heterocycles. The maximum Gasteiger partial charge on any atom is 0.193 e. The first-order chi connectivity index (χ1) is 5.18. The van der Waals surface area contributed by atoms with Gasteiger partial charge in [0, 0.05) is 0 Å². The number of hydrogen-bond donors (Lipinski definition) is 0. The summed E-state index contributed by atoms with van der Waals surface area (Å²) in [4.78, 5) is 0. The molecule has 3 heteroatoms. The van der Waals surface area contributed by atoms with E-state index in [9.17, 15) is 0 Å². The first-order valence-corrected chi connectivity index (χ1v) is 4.78. The molecule has 0 N–H and O–H groups in total. The standard InChI is InChI=1S/C8H11IN2/c1-2-3-4-5-8(9,6-10)7-11/h2-5H2,1H3. The number of nitrogens with zero attached hydrogens (tertiary/aromatic N) is 2. The van der Waals surface area contributed by atoms with Crippen molar-refractivity contribution in [2.24, 2.45) is 0 Å². The normalized spacial score (nSPS) is 10.2. The number of halogens is 1. The van der Waals surface area contributed by atoms with Crippen LogP contribution in [0.5, 0.6) is 0 Å². The van der Waals surface area contributed by atoms with Crippen LogP contribution in [0.2, 0.25) is 0 Å². The van der Waals surface area contributed by atoms with Crippen molar-refractivity contribution in [3.8, 4) is 12.1 Å². The van der Waals surface area contributed by atoms with Gasteiger partial charge in [0.15, 0.2) is 3.42 Å². The molecule has 0 aromatic heterocycles. The maximum absolute atomic E-state index is 8.60. The summed E-state index contributed by atoms with van der Waals surface area (Å²) in [6.45, 7) is 2.10. The minimum Gasteiger partial charge on any atom is -0.196 e. The predicted molar refractivity (Wildman–Crippen MR) is 52.1 cm³/mol. The lowest BCUT2D eigenvalue weighted by molar-refractivity contribution is 0.657. The second-order valence-corrected chi connectivity index (χ2v) is 4.32. The number of nitriles is 2. The van der Waals surface area contributed by atoms with Gasteiger partial charge >= 0.3 is 0 Å². The van der Waals surface area contributed by atoms with Crippen LogP contribution in [0, 0.1) is 22.7 Å². The number of unbranched alkanes of at least 4 members (excludes halogenated alkanes) is 2. The molecule has 0 bridgehead atoms. The quantitative estimate of drug-likeness (QED) is 0.444. The van der Waals surface area contributed by atoms with E-state index in [1.807, 2.05) is 34.7 Å². The van der Waals surface area contributed by atoms with Crippen LogP contribution in [-0.2, 0) is 0 Å². The maximum atomic E-state index is 8.60. The monoisotopic (exact) mass is 262 g/mol. The van der Waals surface area contributed by atoms with Crippen LogP contribution >= 0.6 is 22.6 Å². The van der Waals surface area contributed by atoms with Gasteiger partial charge in [-0.1, -0.05) is 19.8 Å². The van der Waals surface area contributed by atoms with Gasteiger partial charge < -0.3 is 0 Å². The second-order valence-electron chi connectivity index (χ2n) is 2.48. The molecule has 0 rings (SSSR count). The molecule has 0 unspecified atom stereocenters. The molecule has 0 saturated carbocycles. The zero-order valence-electron chi connectivity index (χ0n) is 6.60. The fourth-order valence-corrected chi connectivity index (χ4v) is 1.14. The van der Waals surface area contributed by atoms with Crippen LogP contribution in [0.3, 0.4) is 0 Å². The Morgan fingerprint density at radius 1 is 1.27 bits per heavy atom. The summed E-state index contributed by atoms with van der Waals surface area (Å²) in [7, 11) is 0. The van der Waals surface area contributed by atoms with Crippen LogP contribution in [-0.4, -0.2) is 3.42 Å². The minimum atomic E-state index is -0.785. The molecule has 0 aliphatic rings.